The Bertz CT molecular complexity index is 1150. The number of carboxylic acid groups (broad SMARTS) is 1. The molecule has 1 saturated heterocycles. The first-order valence-electron chi connectivity index (χ1n) is 12.4. The quantitative estimate of drug-likeness (QED) is 0.647. The topological polar surface area (TPSA) is 87.1 Å². The van der Waals surface area contributed by atoms with Gasteiger partial charge in [-0.05, 0) is 59.8 Å². The van der Waals surface area contributed by atoms with Crippen LogP contribution < -0.4 is 0 Å². The van der Waals surface area contributed by atoms with Gasteiger partial charge in [0.2, 0.25) is 0 Å². The molecule has 9 unspecified atom stereocenters. The van der Waals surface area contributed by atoms with Crippen molar-refractivity contribution in [2.24, 2.45) is 34.0 Å². The van der Waals surface area contributed by atoms with Gasteiger partial charge >= 0.3 is 5.97 Å². The predicted molar refractivity (Wildman–Crippen MR) is 128 cm³/mol. The average Bonchev–Trinajstić information content (AvgIpc) is 3.45. The Morgan fingerprint density at radius 1 is 1.31 bits per heavy atom. The smallest absolute Gasteiger partial charge is 0.339 e. The highest BCUT2D eigenvalue weighted by Crippen LogP contribution is 2.75. The maximum absolute atomic E-state index is 15.7. The van der Waals surface area contributed by atoms with Crippen molar-refractivity contribution in [3.8, 4) is 0 Å². The van der Waals surface area contributed by atoms with E-state index >= 15 is 4.39 Å². The zero-order chi connectivity index (χ0) is 25.0. The lowest BCUT2D eigenvalue weighted by Gasteiger charge is -2.64. The molecule has 0 bridgehead atoms. The summed E-state index contributed by atoms with van der Waals surface area (Å²) < 4.78 is 15.7. The highest BCUT2D eigenvalue weighted by atomic mass is 32.1. The molecular weight excluding hydrogens is 469 g/mol. The van der Waals surface area contributed by atoms with Crippen molar-refractivity contribution in [1.29, 1.82) is 0 Å². The lowest BCUT2D eigenvalue weighted by atomic mass is 9.41. The molecule has 0 spiro atoms. The number of carbonyl (C=O) groups is 2. The minimum Gasteiger partial charge on any atom is -0.479 e. The van der Waals surface area contributed by atoms with Crippen LogP contribution in [0, 0.1) is 34.0 Å². The number of nitrogens with zero attached hydrogens (tertiary/aromatic N) is 1. The van der Waals surface area contributed by atoms with E-state index < -0.39 is 40.1 Å². The van der Waals surface area contributed by atoms with Crippen molar-refractivity contribution >= 4 is 23.1 Å². The van der Waals surface area contributed by atoms with E-state index in [1.807, 2.05) is 31.4 Å². The average molecular weight is 502 g/mol. The number of hydrogen-bond donors (Lipinski definition) is 2. The van der Waals surface area contributed by atoms with E-state index in [0.717, 1.165) is 4.88 Å². The fourth-order valence-corrected chi connectivity index (χ4v) is 9.61. The number of fused-ring (bicyclic) bond motifs is 7. The van der Waals surface area contributed by atoms with Crippen molar-refractivity contribution < 1.29 is 29.0 Å². The van der Waals surface area contributed by atoms with Crippen molar-refractivity contribution in [3.63, 3.8) is 0 Å². The Balaban J connectivity index is 1.42. The van der Waals surface area contributed by atoms with Crippen molar-refractivity contribution in [2.75, 3.05) is 6.54 Å². The number of allylic oxidation sites excluding steroid dienone is 4. The van der Waals surface area contributed by atoms with Crippen molar-refractivity contribution in [3.05, 3.63) is 46.2 Å². The van der Waals surface area contributed by atoms with E-state index in [1.165, 1.54) is 12.2 Å². The molecule has 4 aliphatic carbocycles. The SMILES string of the molecule is CC12C=CC(=O)C=C1C(F)CC1C2C(O)CC2(C)C1(C)CC1CN(Cc3cccs3)OC12C(=O)O. The maximum atomic E-state index is 15.7. The zero-order valence-corrected chi connectivity index (χ0v) is 21.1. The van der Waals surface area contributed by atoms with Gasteiger partial charge < -0.3 is 10.2 Å². The van der Waals surface area contributed by atoms with Crippen LogP contribution in [0.15, 0.2) is 41.3 Å². The Morgan fingerprint density at radius 2 is 2.09 bits per heavy atom. The first-order valence-corrected chi connectivity index (χ1v) is 13.3. The highest BCUT2D eigenvalue weighted by Gasteiger charge is 2.80. The molecule has 1 aliphatic heterocycles. The monoisotopic (exact) mass is 501 g/mol. The second-order valence-corrected chi connectivity index (χ2v) is 12.9. The number of aliphatic hydroxyl groups is 1. The molecule has 2 heterocycles. The van der Waals surface area contributed by atoms with E-state index in [9.17, 15) is 19.8 Å². The number of rotatable bonds is 3. The van der Waals surface area contributed by atoms with E-state index in [0.29, 0.717) is 25.1 Å². The molecule has 35 heavy (non-hydrogen) atoms. The summed E-state index contributed by atoms with van der Waals surface area (Å²) in [4.78, 5) is 32.6. The van der Waals surface area contributed by atoms with Gasteiger partial charge in [-0.3, -0.25) is 9.63 Å². The molecule has 1 aromatic heterocycles. The van der Waals surface area contributed by atoms with Crippen LogP contribution in [0.1, 0.15) is 44.9 Å². The Kier molecular flexibility index (Phi) is 4.93. The largest absolute Gasteiger partial charge is 0.479 e. The van der Waals surface area contributed by atoms with E-state index in [4.69, 9.17) is 4.84 Å². The summed E-state index contributed by atoms with van der Waals surface area (Å²) in [6.07, 6.45) is 3.52. The maximum Gasteiger partial charge on any atom is 0.339 e. The van der Waals surface area contributed by atoms with Crippen LogP contribution in [0.4, 0.5) is 4.39 Å². The van der Waals surface area contributed by atoms with Gasteiger partial charge in [0.25, 0.3) is 0 Å². The molecule has 4 fully saturated rings. The van der Waals surface area contributed by atoms with Crippen molar-refractivity contribution in [2.45, 2.75) is 64.5 Å². The van der Waals surface area contributed by atoms with Crippen LogP contribution in [0.2, 0.25) is 0 Å². The molecule has 0 radical (unpaired) electrons. The van der Waals surface area contributed by atoms with Gasteiger partial charge in [-0.15, -0.1) is 11.3 Å². The van der Waals surface area contributed by atoms with Gasteiger partial charge in [-0.2, -0.15) is 5.06 Å². The summed E-state index contributed by atoms with van der Waals surface area (Å²) in [5.41, 5.74) is -3.26. The lowest BCUT2D eigenvalue weighted by Crippen LogP contribution is -2.66. The number of halogens is 1. The van der Waals surface area contributed by atoms with Crippen LogP contribution >= 0.6 is 11.3 Å². The molecule has 188 valence electrons. The first-order chi connectivity index (χ1) is 16.5. The van der Waals surface area contributed by atoms with Crippen LogP contribution in [-0.4, -0.2) is 51.5 Å². The van der Waals surface area contributed by atoms with Crippen LogP contribution in [-0.2, 0) is 21.0 Å². The number of alkyl halides is 1. The molecule has 9 atom stereocenters. The second kappa shape index (κ2) is 7.34. The van der Waals surface area contributed by atoms with Crippen molar-refractivity contribution in [1.82, 2.24) is 5.06 Å². The van der Waals surface area contributed by atoms with E-state index in [-0.39, 0.29) is 36.4 Å². The Morgan fingerprint density at radius 3 is 2.77 bits per heavy atom. The number of hydrogen-bond acceptors (Lipinski definition) is 6. The zero-order valence-electron chi connectivity index (χ0n) is 20.2. The molecule has 0 aromatic carbocycles. The minimum atomic E-state index is -1.48. The van der Waals surface area contributed by atoms with E-state index in [1.54, 1.807) is 22.5 Å². The summed E-state index contributed by atoms with van der Waals surface area (Å²) in [6.45, 7) is 6.95. The second-order valence-electron chi connectivity index (χ2n) is 11.9. The standard InChI is InChI=1S/C27H32FNO5S/c1-24-7-6-16(30)9-18(24)20(28)10-19-22(24)21(31)12-26(3)25(19,2)11-15-13-29(14-17-5-4-8-35-17)34-27(15,26)23(32)33/h4-9,15,19-22,31H,10-14H2,1-3H3,(H,32,33). The molecule has 3 saturated carbocycles. The van der Waals surface area contributed by atoms with E-state index in [2.05, 4.69) is 6.92 Å². The Labute approximate surface area is 208 Å². The normalized spacial score (nSPS) is 48.7. The van der Waals surface area contributed by atoms with Gasteiger partial charge in [-0.1, -0.05) is 32.9 Å². The predicted octanol–water partition coefficient (Wildman–Crippen LogP) is 4.16. The third kappa shape index (κ3) is 2.80. The fraction of sp³-hybridized carbons (Fsp3) is 0.630. The molecule has 5 aliphatic rings. The number of ketones is 1. The molecule has 2 N–H and O–H groups in total. The van der Waals surface area contributed by atoms with Gasteiger partial charge in [0.1, 0.15) is 6.17 Å². The molecule has 6 rings (SSSR count). The Hall–Kier alpha value is -1.87. The number of aliphatic carboxylic acids is 1. The molecule has 8 heteroatoms. The van der Waals surface area contributed by atoms with Gasteiger partial charge in [0.05, 0.1) is 12.6 Å². The summed E-state index contributed by atoms with van der Waals surface area (Å²) >= 11 is 1.61. The van der Waals surface area contributed by atoms with Gasteiger partial charge in [0.15, 0.2) is 11.4 Å². The van der Waals surface area contributed by atoms with Crippen LogP contribution in [0.25, 0.3) is 0 Å². The van der Waals surface area contributed by atoms with Gasteiger partial charge in [-0.25, -0.2) is 9.18 Å². The number of carboxylic acids is 1. The first kappa shape index (κ1) is 23.5. The number of thiophene rings is 1. The number of hydroxylamine groups is 2. The summed E-state index contributed by atoms with van der Waals surface area (Å²) in [7, 11) is 0. The molecule has 1 aromatic rings. The van der Waals surface area contributed by atoms with Gasteiger partial charge in [0, 0.05) is 34.1 Å². The summed E-state index contributed by atoms with van der Waals surface area (Å²) in [6, 6.07) is 3.97. The minimum absolute atomic E-state index is 0.178. The summed E-state index contributed by atoms with van der Waals surface area (Å²) in [5, 5.41) is 26.1. The third-order valence-corrected chi connectivity index (χ3v) is 11.4. The summed E-state index contributed by atoms with van der Waals surface area (Å²) in [5.74, 6) is -2.04. The molecular formula is C27H32FNO5S. The fourth-order valence-electron chi connectivity index (χ4n) is 8.90. The molecule has 0 amide bonds. The molecule has 6 nitrogen and oxygen atoms in total. The van der Waals surface area contributed by atoms with Crippen LogP contribution in [0.5, 0.6) is 0 Å². The van der Waals surface area contributed by atoms with Crippen LogP contribution in [0.3, 0.4) is 0 Å². The number of carbonyl (C=O) groups excluding carboxylic acids is 1. The number of aliphatic hydroxyl groups excluding tert-OH is 1. The third-order valence-electron chi connectivity index (χ3n) is 10.5. The lowest BCUT2D eigenvalue weighted by molar-refractivity contribution is -0.277. The highest BCUT2D eigenvalue weighted by molar-refractivity contribution is 7.09.